The summed E-state index contributed by atoms with van der Waals surface area (Å²) < 4.78 is 1.91. The van der Waals surface area contributed by atoms with Crippen molar-refractivity contribution in [1.82, 2.24) is 9.78 Å². The van der Waals surface area contributed by atoms with E-state index in [4.69, 9.17) is 11.0 Å². The minimum Gasteiger partial charge on any atom is -0.399 e. The van der Waals surface area contributed by atoms with Crippen LogP contribution in [0.2, 0.25) is 0 Å². The lowest BCUT2D eigenvalue weighted by Gasteiger charge is -2.04. The van der Waals surface area contributed by atoms with E-state index in [1.165, 1.54) is 0 Å². The fourth-order valence-corrected chi connectivity index (χ4v) is 2.14. The Morgan fingerprint density at radius 3 is 2.95 bits per heavy atom. The maximum atomic E-state index is 8.90. The van der Waals surface area contributed by atoms with Crippen molar-refractivity contribution in [2.45, 2.75) is 6.54 Å². The van der Waals surface area contributed by atoms with Crippen molar-refractivity contribution in [3.8, 4) is 6.07 Å². The topological polar surface area (TPSA) is 67.6 Å². The van der Waals surface area contributed by atoms with Crippen LogP contribution >= 0.6 is 0 Å². The average molecular weight is 248 g/mol. The Balaban J connectivity index is 1.99. The molecule has 0 atom stereocenters. The van der Waals surface area contributed by atoms with Crippen LogP contribution in [0.1, 0.15) is 11.1 Å². The number of anilines is 1. The van der Waals surface area contributed by atoms with Gasteiger partial charge in [-0.05, 0) is 35.9 Å². The monoisotopic (exact) mass is 248 g/mol. The Kier molecular flexibility index (Phi) is 2.66. The van der Waals surface area contributed by atoms with Gasteiger partial charge in [0.1, 0.15) is 0 Å². The Labute approximate surface area is 110 Å². The molecule has 2 aromatic carbocycles. The Morgan fingerprint density at radius 1 is 1.21 bits per heavy atom. The predicted molar refractivity (Wildman–Crippen MR) is 74.4 cm³/mol. The highest BCUT2D eigenvalue weighted by Gasteiger charge is 2.04. The smallest absolute Gasteiger partial charge is 0.0991 e. The van der Waals surface area contributed by atoms with Crippen LogP contribution in [0.25, 0.3) is 10.9 Å². The van der Waals surface area contributed by atoms with Crippen molar-refractivity contribution in [1.29, 1.82) is 5.26 Å². The summed E-state index contributed by atoms with van der Waals surface area (Å²) in [6, 6.07) is 15.4. The maximum absolute atomic E-state index is 8.90. The number of nitriles is 1. The molecule has 0 aliphatic carbocycles. The molecule has 0 amide bonds. The van der Waals surface area contributed by atoms with Crippen molar-refractivity contribution in [2.75, 3.05) is 5.73 Å². The number of hydrogen-bond acceptors (Lipinski definition) is 3. The molecule has 0 saturated carbocycles. The normalized spacial score (nSPS) is 10.5. The lowest BCUT2D eigenvalue weighted by Crippen LogP contribution is -2.01. The number of nitrogens with two attached hydrogens (primary N) is 1. The van der Waals surface area contributed by atoms with Crippen LogP contribution in [0, 0.1) is 11.3 Å². The van der Waals surface area contributed by atoms with E-state index in [0.717, 1.165) is 22.2 Å². The second-order valence-corrected chi connectivity index (χ2v) is 4.43. The molecule has 92 valence electrons. The third-order valence-corrected chi connectivity index (χ3v) is 3.05. The first-order chi connectivity index (χ1) is 9.26. The quantitative estimate of drug-likeness (QED) is 0.708. The van der Waals surface area contributed by atoms with Crippen LogP contribution in [0.15, 0.2) is 48.7 Å². The molecule has 0 spiro atoms. The minimum atomic E-state index is 0.642. The third kappa shape index (κ3) is 2.14. The molecule has 1 aromatic heterocycles. The van der Waals surface area contributed by atoms with E-state index in [-0.39, 0.29) is 0 Å². The van der Waals surface area contributed by atoms with E-state index in [1.807, 2.05) is 41.1 Å². The molecule has 0 aliphatic heterocycles. The van der Waals surface area contributed by atoms with E-state index in [9.17, 15) is 0 Å². The van der Waals surface area contributed by atoms with Gasteiger partial charge in [-0.2, -0.15) is 10.4 Å². The SMILES string of the molecule is N#Cc1cccc(Cn2ncc3cc(N)ccc32)c1. The fourth-order valence-electron chi connectivity index (χ4n) is 2.14. The van der Waals surface area contributed by atoms with E-state index < -0.39 is 0 Å². The van der Waals surface area contributed by atoms with E-state index in [0.29, 0.717) is 12.1 Å². The number of nitrogen functional groups attached to an aromatic ring is 1. The Hall–Kier alpha value is -2.80. The van der Waals surface area contributed by atoms with Gasteiger partial charge in [-0.25, -0.2) is 0 Å². The number of fused-ring (bicyclic) bond motifs is 1. The van der Waals surface area contributed by atoms with Crippen molar-refractivity contribution < 1.29 is 0 Å². The molecule has 0 fully saturated rings. The summed E-state index contributed by atoms with van der Waals surface area (Å²) in [5, 5.41) is 14.3. The molecule has 1 heterocycles. The summed E-state index contributed by atoms with van der Waals surface area (Å²) in [5.41, 5.74) is 9.25. The molecule has 2 N–H and O–H groups in total. The molecule has 0 bridgehead atoms. The van der Waals surface area contributed by atoms with Crippen molar-refractivity contribution in [3.05, 3.63) is 59.8 Å². The summed E-state index contributed by atoms with van der Waals surface area (Å²) in [6.07, 6.45) is 1.81. The first-order valence-electron chi connectivity index (χ1n) is 5.96. The fraction of sp³-hybridized carbons (Fsp3) is 0.0667. The zero-order chi connectivity index (χ0) is 13.2. The van der Waals surface area contributed by atoms with Gasteiger partial charge in [0.25, 0.3) is 0 Å². The summed E-state index contributed by atoms with van der Waals surface area (Å²) >= 11 is 0. The third-order valence-electron chi connectivity index (χ3n) is 3.05. The predicted octanol–water partition coefficient (Wildman–Crippen LogP) is 2.54. The van der Waals surface area contributed by atoms with Crippen molar-refractivity contribution in [2.24, 2.45) is 0 Å². The van der Waals surface area contributed by atoms with E-state index in [1.54, 1.807) is 12.3 Å². The number of rotatable bonds is 2. The zero-order valence-electron chi connectivity index (χ0n) is 10.2. The minimum absolute atomic E-state index is 0.642. The second kappa shape index (κ2) is 4.46. The van der Waals surface area contributed by atoms with E-state index in [2.05, 4.69) is 11.2 Å². The average Bonchev–Trinajstić information content (AvgIpc) is 2.81. The Morgan fingerprint density at radius 2 is 2.11 bits per heavy atom. The van der Waals surface area contributed by atoms with Crippen LogP contribution in [0.3, 0.4) is 0 Å². The van der Waals surface area contributed by atoms with E-state index >= 15 is 0 Å². The van der Waals surface area contributed by atoms with Gasteiger partial charge in [0.05, 0.1) is 29.9 Å². The van der Waals surface area contributed by atoms with Crippen LogP contribution in [-0.2, 0) is 6.54 Å². The highest BCUT2D eigenvalue weighted by atomic mass is 15.3. The molecule has 0 saturated heterocycles. The van der Waals surface area contributed by atoms with Gasteiger partial charge in [-0.1, -0.05) is 12.1 Å². The van der Waals surface area contributed by atoms with Crippen LogP contribution in [0.5, 0.6) is 0 Å². The second-order valence-electron chi connectivity index (χ2n) is 4.43. The molecular formula is C15H12N4. The first kappa shape index (κ1) is 11.3. The molecule has 0 radical (unpaired) electrons. The van der Waals surface area contributed by atoms with Gasteiger partial charge in [-0.15, -0.1) is 0 Å². The van der Waals surface area contributed by atoms with Crippen molar-refractivity contribution in [3.63, 3.8) is 0 Å². The Bertz CT molecular complexity index is 780. The summed E-state index contributed by atoms with van der Waals surface area (Å²) in [4.78, 5) is 0. The highest BCUT2D eigenvalue weighted by molar-refractivity contribution is 5.82. The van der Waals surface area contributed by atoms with Crippen LogP contribution in [0.4, 0.5) is 5.69 Å². The molecule has 19 heavy (non-hydrogen) atoms. The number of aromatic nitrogens is 2. The number of benzene rings is 2. The maximum Gasteiger partial charge on any atom is 0.0991 e. The van der Waals surface area contributed by atoms with Gasteiger partial charge in [-0.3, -0.25) is 4.68 Å². The van der Waals surface area contributed by atoms with Crippen LogP contribution < -0.4 is 5.73 Å². The molecule has 4 nitrogen and oxygen atoms in total. The summed E-state index contributed by atoms with van der Waals surface area (Å²) in [5.74, 6) is 0. The molecule has 4 heteroatoms. The number of hydrogen-bond donors (Lipinski definition) is 1. The van der Waals surface area contributed by atoms with Gasteiger partial charge in [0, 0.05) is 11.1 Å². The largest absolute Gasteiger partial charge is 0.399 e. The lowest BCUT2D eigenvalue weighted by atomic mass is 10.1. The summed E-state index contributed by atoms with van der Waals surface area (Å²) in [6.45, 7) is 0.642. The zero-order valence-corrected chi connectivity index (χ0v) is 10.2. The summed E-state index contributed by atoms with van der Waals surface area (Å²) in [7, 11) is 0. The van der Waals surface area contributed by atoms with Gasteiger partial charge >= 0.3 is 0 Å². The molecule has 0 unspecified atom stereocenters. The van der Waals surface area contributed by atoms with Gasteiger partial charge in [0.15, 0.2) is 0 Å². The number of nitrogens with zero attached hydrogens (tertiary/aromatic N) is 3. The molecule has 3 rings (SSSR count). The highest BCUT2D eigenvalue weighted by Crippen LogP contribution is 2.18. The van der Waals surface area contributed by atoms with Crippen molar-refractivity contribution >= 4 is 16.6 Å². The lowest BCUT2D eigenvalue weighted by molar-refractivity contribution is 0.712. The van der Waals surface area contributed by atoms with Crippen LogP contribution in [-0.4, -0.2) is 9.78 Å². The van der Waals surface area contributed by atoms with Gasteiger partial charge < -0.3 is 5.73 Å². The first-order valence-corrected chi connectivity index (χ1v) is 5.96. The molecule has 3 aromatic rings. The molecular weight excluding hydrogens is 236 g/mol. The van der Waals surface area contributed by atoms with Gasteiger partial charge in [0.2, 0.25) is 0 Å². The standard InChI is InChI=1S/C15H12N4/c16-8-11-2-1-3-12(6-11)10-19-15-5-4-14(17)7-13(15)9-18-19/h1-7,9H,10,17H2. The molecule has 0 aliphatic rings.